The zero-order valence-corrected chi connectivity index (χ0v) is 15.7. The van der Waals surface area contributed by atoms with E-state index in [9.17, 15) is 28.7 Å². The maximum absolute atomic E-state index is 11.9. The van der Waals surface area contributed by atoms with Crippen LogP contribution in [0.3, 0.4) is 0 Å². The third-order valence-electron chi connectivity index (χ3n) is 3.39. The highest BCUT2D eigenvalue weighted by Crippen LogP contribution is 2.58. The summed E-state index contributed by atoms with van der Waals surface area (Å²) in [7, 11) is -10.6. The van der Waals surface area contributed by atoms with Gasteiger partial charge in [-0.05, 0) is 0 Å². The molecule has 1 aliphatic heterocycles. The number of phosphoric acid groups is 2. The van der Waals surface area contributed by atoms with Crippen molar-refractivity contribution in [2.75, 3.05) is 13.2 Å². The molecule has 1 saturated heterocycles. The summed E-state index contributed by atoms with van der Waals surface area (Å²) >= 11 is 0. The van der Waals surface area contributed by atoms with Crippen molar-refractivity contribution in [3.05, 3.63) is 33.1 Å². The summed E-state index contributed by atoms with van der Waals surface area (Å²) in [6, 6.07) is 0.992. The molecule has 0 bridgehead atoms. The van der Waals surface area contributed by atoms with E-state index in [1.54, 1.807) is 0 Å². The average Bonchev–Trinajstić information content (AvgIpc) is 2.86. The van der Waals surface area contributed by atoms with Gasteiger partial charge in [-0.2, -0.15) is 4.31 Å². The Morgan fingerprint density at radius 2 is 2.07 bits per heavy atom. The summed E-state index contributed by atoms with van der Waals surface area (Å²) in [5, 5.41) is 10.2. The van der Waals surface area contributed by atoms with Crippen LogP contribution in [0.4, 0.5) is 0 Å². The van der Waals surface area contributed by atoms with Crippen LogP contribution in [0.2, 0.25) is 0 Å². The quantitative estimate of drug-likeness (QED) is 0.228. The number of aliphatic hydroxyl groups excluding tert-OH is 1. The maximum Gasteiger partial charge on any atom is 0.481 e. The van der Waals surface area contributed by atoms with Gasteiger partial charge in [0.15, 0.2) is 12.0 Å². The molecule has 0 amide bonds. The van der Waals surface area contributed by atoms with Gasteiger partial charge >= 0.3 is 21.3 Å². The van der Waals surface area contributed by atoms with Gasteiger partial charge in [-0.25, -0.2) is 13.9 Å². The molecule has 1 aromatic heterocycles. The van der Waals surface area contributed by atoms with E-state index in [2.05, 4.69) is 14.8 Å². The van der Waals surface area contributed by atoms with Crippen LogP contribution in [0, 0.1) is 12.3 Å². The molecule has 0 radical (unpaired) electrons. The first kappa shape index (κ1) is 22.7. The molecule has 1 aromatic rings. The Balaban J connectivity index is 2.25. The maximum atomic E-state index is 11.9. The smallest absolute Gasteiger partial charge is 0.388 e. The van der Waals surface area contributed by atoms with Crippen LogP contribution in [0.25, 0.3) is 0 Å². The molecule has 5 N–H and O–H groups in total. The molecule has 0 spiro atoms. The first-order chi connectivity index (χ1) is 12.9. The Labute approximate surface area is 156 Å². The molecule has 156 valence electrons. The van der Waals surface area contributed by atoms with E-state index in [0.29, 0.717) is 0 Å². The molecule has 0 aliphatic carbocycles. The summed E-state index contributed by atoms with van der Waals surface area (Å²) in [5.74, 6) is 0.131. The lowest BCUT2D eigenvalue weighted by atomic mass is 10.1. The highest BCUT2D eigenvalue weighted by atomic mass is 31.3. The molecule has 0 aromatic carbocycles. The molecular formula is C12H16N2O12P2. The predicted molar refractivity (Wildman–Crippen MR) is 88.5 cm³/mol. The van der Waals surface area contributed by atoms with Crippen molar-refractivity contribution in [3.63, 3.8) is 0 Å². The van der Waals surface area contributed by atoms with E-state index < -0.39 is 64.6 Å². The zero-order valence-electron chi connectivity index (χ0n) is 13.9. The lowest BCUT2D eigenvalue weighted by molar-refractivity contribution is -0.248. The van der Waals surface area contributed by atoms with E-state index in [0.717, 1.165) is 16.8 Å². The minimum atomic E-state index is -5.36. The molecule has 28 heavy (non-hydrogen) atoms. The lowest BCUT2D eigenvalue weighted by Gasteiger charge is -2.28. The molecule has 4 unspecified atom stereocenters. The second-order valence-corrected chi connectivity index (χ2v) is 8.34. The number of hydrogen-bond acceptors (Lipinski definition) is 9. The fourth-order valence-electron chi connectivity index (χ4n) is 2.37. The highest BCUT2D eigenvalue weighted by molar-refractivity contribution is 7.60. The third-order valence-corrected chi connectivity index (χ3v) is 5.52. The van der Waals surface area contributed by atoms with Crippen LogP contribution in [0.1, 0.15) is 12.6 Å². The molecule has 4 atom stereocenters. The Bertz CT molecular complexity index is 960. The van der Waals surface area contributed by atoms with Gasteiger partial charge in [-0.1, -0.05) is 5.92 Å². The van der Waals surface area contributed by atoms with Crippen LogP contribution < -0.4 is 11.2 Å². The predicted octanol–water partition coefficient (Wildman–Crippen LogP) is -1.61. The molecular weight excluding hydrogens is 426 g/mol. The molecule has 0 saturated carbocycles. The van der Waals surface area contributed by atoms with Crippen LogP contribution in [0.5, 0.6) is 0 Å². The number of aromatic nitrogens is 2. The van der Waals surface area contributed by atoms with Gasteiger partial charge in [-0.3, -0.25) is 18.9 Å². The summed E-state index contributed by atoms with van der Waals surface area (Å²) in [6.45, 7) is -1.35. The molecule has 16 heteroatoms. The minimum absolute atomic E-state index is 0.404. The van der Waals surface area contributed by atoms with E-state index in [1.165, 1.54) is 0 Å². The van der Waals surface area contributed by atoms with Crippen molar-refractivity contribution < 1.29 is 47.2 Å². The standard InChI is InChI=1S/C12H16N2O12P2/c1-2-5-23-12(7-24-28(21,22)26-27(18,19)20)6-8(15)10(25-12)14-4-3-9(16)13-11(14)17/h1,3-4,8,10,15H,5-7H2,(H,21,22)(H,13,16,17)(H2,18,19,20). The van der Waals surface area contributed by atoms with Crippen LogP contribution in [-0.4, -0.2) is 54.4 Å². The normalized spacial score (nSPS) is 27.2. The van der Waals surface area contributed by atoms with Crippen molar-refractivity contribution in [1.29, 1.82) is 0 Å². The number of nitrogens with one attached hydrogen (secondary N) is 1. The molecule has 1 aliphatic rings. The number of rotatable bonds is 8. The number of aliphatic hydroxyl groups is 1. The molecule has 14 nitrogen and oxygen atoms in total. The number of ether oxygens (including phenoxy) is 2. The Morgan fingerprint density at radius 3 is 2.64 bits per heavy atom. The van der Waals surface area contributed by atoms with Crippen molar-refractivity contribution in [1.82, 2.24) is 9.55 Å². The van der Waals surface area contributed by atoms with E-state index in [4.69, 9.17) is 25.7 Å². The summed E-state index contributed by atoms with van der Waals surface area (Å²) in [6.07, 6.45) is 2.91. The zero-order chi connectivity index (χ0) is 21.2. The van der Waals surface area contributed by atoms with E-state index in [1.807, 2.05) is 4.98 Å². The number of terminal acetylenes is 1. The van der Waals surface area contributed by atoms with Gasteiger partial charge in [0.25, 0.3) is 5.56 Å². The van der Waals surface area contributed by atoms with Crippen molar-refractivity contribution >= 4 is 15.6 Å². The van der Waals surface area contributed by atoms with Crippen LogP contribution in [-0.2, 0) is 27.4 Å². The fourth-order valence-corrected chi connectivity index (χ4v) is 4.00. The van der Waals surface area contributed by atoms with Crippen molar-refractivity contribution in [3.8, 4) is 12.3 Å². The van der Waals surface area contributed by atoms with Gasteiger partial charge in [0.05, 0.1) is 0 Å². The number of hydrogen-bond donors (Lipinski definition) is 5. The number of phosphoric ester groups is 1. The molecule has 1 fully saturated rings. The van der Waals surface area contributed by atoms with Crippen LogP contribution in [0.15, 0.2) is 21.9 Å². The first-order valence-corrected chi connectivity index (χ1v) is 10.4. The third kappa shape index (κ3) is 5.94. The Hall–Kier alpha value is -1.62. The van der Waals surface area contributed by atoms with Gasteiger partial charge in [0.2, 0.25) is 0 Å². The summed E-state index contributed by atoms with van der Waals surface area (Å²) < 4.78 is 42.0. The van der Waals surface area contributed by atoms with Crippen molar-refractivity contribution in [2.24, 2.45) is 0 Å². The van der Waals surface area contributed by atoms with Gasteiger partial charge in [0.1, 0.15) is 19.3 Å². The summed E-state index contributed by atoms with van der Waals surface area (Å²) in [4.78, 5) is 51.6. The fraction of sp³-hybridized carbons (Fsp3) is 0.500. The number of nitrogens with zero attached hydrogens (tertiary/aromatic N) is 1. The Kier molecular flexibility index (Phi) is 6.80. The SMILES string of the molecule is C#CCOC1(COP(=O)(O)OP(=O)(O)O)CC(O)C(n2ccc(=O)[nH]c2=O)O1. The summed E-state index contributed by atoms with van der Waals surface area (Å²) in [5.41, 5.74) is -1.61. The van der Waals surface area contributed by atoms with E-state index >= 15 is 0 Å². The lowest BCUT2D eigenvalue weighted by Crippen LogP contribution is -2.39. The molecule has 2 rings (SSSR count). The van der Waals surface area contributed by atoms with Gasteiger partial charge in [-0.15, -0.1) is 6.42 Å². The van der Waals surface area contributed by atoms with Gasteiger partial charge < -0.3 is 29.3 Å². The Morgan fingerprint density at radius 1 is 1.39 bits per heavy atom. The first-order valence-electron chi connectivity index (χ1n) is 7.35. The monoisotopic (exact) mass is 442 g/mol. The molecule has 2 heterocycles. The minimum Gasteiger partial charge on any atom is -0.388 e. The largest absolute Gasteiger partial charge is 0.481 e. The second kappa shape index (κ2) is 8.40. The highest BCUT2D eigenvalue weighted by Gasteiger charge is 2.50. The second-order valence-electron chi connectivity index (χ2n) is 5.51. The van der Waals surface area contributed by atoms with Gasteiger partial charge in [0, 0.05) is 18.7 Å². The number of aromatic amines is 1. The topological polar surface area (TPSA) is 207 Å². The average molecular weight is 442 g/mol. The van der Waals surface area contributed by atoms with Crippen LogP contribution >= 0.6 is 15.6 Å². The number of H-pyrrole nitrogens is 1. The van der Waals surface area contributed by atoms with Crippen molar-refractivity contribution in [2.45, 2.75) is 24.5 Å². The van der Waals surface area contributed by atoms with E-state index in [-0.39, 0.29) is 0 Å².